The lowest BCUT2D eigenvalue weighted by atomic mass is 10.0. The molecule has 18 heavy (non-hydrogen) atoms. The molecule has 100 valence electrons. The number of likely N-dealkylation sites (tertiary alicyclic amines) is 1. The fourth-order valence-corrected chi connectivity index (χ4v) is 2.74. The van der Waals surface area contributed by atoms with Crippen molar-refractivity contribution in [3.63, 3.8) is 0 Å². The zero-order valence-corrected chi connectivity index (χ0v) is 12.6. The quantitative estimate of drug-likeness (QED) is 0.846. The molecule has 1 aromatic rings. The summed E-state index contributed by atoms with van der Waals surface area (Å²) in [6.45, 7) is 3.05. The van der Waals surface area contributed by atoms with Gasteiger partial charge >= 0.3 is 0 Å². The monoisotopic (exact) mass is 314 g/mol. The smallest absolute Gasteiger partial charge is 0.137 e. The first-order valence-electron chi connectivity index (χ1n) is 6.39. The number of nitrogens with zero attached hydrogens (tertiary/aromatic N) is 2. The molecule has 0 aliphatic carbocycles. The third-order valence-electron chi connectivity index (χ3n) is 3.68. The van der Waals surface area contributed by atoms with Gasteiger partial charge in [-0.15, -0.1) is 0 Å². The molecule has 0 bridgehead atoms. The van der Waals surface area contributed by atoms with Crippen molar-refractivity contribution in [2.24, 2.45) is 0 Å². The lowest BCUT2D eigenvalue weighted by Crippen LogP contribution is -2.41. The predicted octanol–water partition coefficient (Wildman–Crippen LogP) is 3.11. The molecule has 0 radical (unpaired) electrons. The summed E-state index contributed by atoms with van der Waals surface area (Å²) in [4.78, 5) is 4.71. The number of piperidine rings is 1. The van der Waals surface area contributed by atoms with Crippen LogP contribution in [0.3, 0.4) is 0 Å². The SMILES string of the molecule is CN(C)C1CCN(Cc2ccc(Br)c(F)c2)CC1. The summed E-state index contributed by atoms with van der Waals surface area (Å²) in [6.07, 6.45) is 2.40. The second kappa shape index (κ2) is 6.13. The first-order chi connectivity index (χ1) is 8.56. The molecular formula is C14H20BrFN2. The van der Waals surface area contributed by atoms with E-state index >= 15 is 0 Å². The van der Waals surface area contributed by atoms with Gasteiger partial charge in [-0.2, -0.15) is 0 Å². The zero-order chi connectivity index (χ0) is 13.1. The van der Waals surface area contributed by atoms with Gasteiger partial charge in [0.15, 0.2) is 0 Å². The first-order valence-corrected chi connectivity index (χ1v) is 7.18. The fraction of sp³-hybridized carbons (Fsp3) is 0.571. The highest BCUT2D eigenvalue weighted by Crippen LogP contribution is 2.20. The Morgan fingerprint density at radius 2 is 2.00 bits per heavy atom. The number of benzene rings is 1. The van der Waals surface area contributed by atoms with Crippen LogP contribution in [-0.2, 0) is 6.54 Å². The van der Waals surface area contributed by atoms with Crippen molar-refractivity contribution in [2.45, 2.75) is 25.4 Å². The summed E-state index contributed by atoms with van der Waals surface area (Å²) in [6, 6.07) is 6.10. The minimum atomic E-state index is -0.171. The van der Waals surface area contributed by atoms with Crippen LogP contribution in [0.15, 0.2) is 22.7 Å². The second-order valence-corrected chi connectivity index (χ2v) is 6.07. The molecule has 0 aromatic heterocycles. The average Bonchev–Trinajstić information content (AvgIpc) is 2.34. The van der Waals surface area contributed by atoms with Crippen LogP contribution in [0.5, 0.6) is 0 Å². The van der Waals surface area contributed by atoms with Gasteiger partial charge in [0.1, 0.15) is 5.82 Å². The molecule has 0 saturated carbocycles. The average molecular weight is 315 g/mol. The van der Waals surface area contributed by atoms with Crippen molar-refractivity contribution in [2.75, 3.05) is 27.2 Å². The normalized spacial score (nSPS) is 18.5. The summed E-state index contributed by atoms with van der Waals surface area (Å²) in [5.41, 5.74) is 1.05. The molecule has 1 aromatic carbocycles. The molecule has 2 rings (SSSR count). The molecule has 0 amide bonds. The van der Waals surface area contributed by atoms with Gasteiger partial charge < -0.3 is 4.90 Å². The molecule has 1 heterocycles. The van der Waals surface area contributed by atoms with Crippen LogP contribution in [0.2, 0.25) is 0 Å². The number of halogens is 2. The molecule has 0 spiro atoms. The Morgan fingerprint density at radius 1 is 1.33 bits per heavy atom. The highest BCUT2D eigenvalue weighted by molar-refractivity contribution is 9.10. The highest BCUT2D eigenvalue weighted by atomic mass is 79.9. The van der Waals surface area contributed by atoms with Gasteiger partial charge in [-0.25, -0.2) is 4.39 Å². The maximum absolute atomic E-state index is 13.4. The molecular weight excluding hydrogens is 295 g/mol. The second-order valence-electron chi connectivity index (χ2n) is 5.22. The summed E-state index contributed by atoms with van der Waals surface area (Å²) < 4.78 is 14.0. The maximum Gasteiger partial charge on any atom is 0.137 e. The third kappa shape index (κ3) is 3.53. The minimum absolute atomic E-state index is 0.171. The summed E-state index contributed by atoms with van der Waals surface area (Å²) in [5, 5.41) is 0. The van der Waals surface area contributed by atoms with Crippen LogP contribution in [0.25, 0.3) is 0 Å². The van der Waals surface area contributed by atoms with E-state index in [1.54, 1.807) is 12.1 Å². The predicted molar refractivity (Wildman–Crippen MR) is 76.1 cm³/mol. The molecule has 0 unspecified atom stereocenters. The number of hydrogen-bond acceptors (Lipinski definition) is 2. The standard InChI is InChI=1S/C14H20BrFN2/c1-17(2)12-5-7-18(8-6-12)10-11-3-4-13(15)14(16)9-11/h3-4,9,12H,5-8,10H2,1-2H3. The van der Waals surface area contributed by atoms with Gasteiger partial charge in [0.05, 0.1) is 4.47 Å². The van der Waals surface area contributed by atoms with E-state index in [1.165, 1.54) is 12.8 Å². The molecule has 2 nitrogen and oxygen atoms in total. The van der Waals surface area contributed by atoms with Crippen molar-refractivity contribution >= 4 is 15.9 Å². The largest absolute Gasteiger partial charge is 0.306 e. The highest BCUT2D eigenvalue weighted by Gasteiger charge is 2.20. The van der Waals surface area contributed by atoms with E-state index in [2.05, 4.69) is 39.8 Å². The first kappa shape index (κ1) is 14.0. The van der Waals surface area contributed by atoms with Crippen LogP contribution in [0.1, 0.15) is 18.4 Å². The van der Waals surface area contributed by atoms with E-state index in [0.29, 0.717) is 10.5 Å². The van der Waals surface area contributed by atoms with Crippen LogP contribution in [0.4, 0.5) is 4.39 Å². The van der Waals surface area contributed by atoms with Gasteiger partial charge in [-0.1, -0.05) is 6.07 Å². The Kier molecular flexibility index (Phi) is 4.76. The van der Waals surface area contributed by atoms with E-state index in [0.717, 1.165) is 25.2 Å². The van der Waals surface area contributed by atoms with Crippen LogP contribution >= 0.6 is 15.9 Å². The number of hydrogen-bond donors (Lipinski definition) is 0. The van der Waals surface area contributed by atoms with E-state index in [9.17, 15) is 4.39 Å². The summed E-state index contributed by atoms with van der Waals surface area (Å²) >= 11 is 3.18. The van der Waals surface area contributed by atoms with Crippen molar-refractivity contribution in [3.05, 3.63) is 34.1 Å². The van der Waals surface area contributed by atoms with Crippen molar-refractivity contribution in [1.29, 1.82) is 0 Å². The van der Waals surface area contributed by atoms with Gasteiger partial charge in [-0.3, -0.25) is 4.90 Å². The summed E-state index contributed by atoms with van der Waals surface area (Å²) in [5.74, 6) is -0.171. The van der Waals surface area contributed by atoms with Crippen LogP contribution < -0.4 is 0 Å². The van der Waals surface area contributed by atoms with Gasteiger partial charge in [0.25, 0.3) is 0 Å². The van der Waals surface area contributed by atoms with E-state index < -0.39 is 0 Å². The van der Waals surface area contributed by atoms with Crippen molar-refractivity contribution in [1.82, 2.24) is 9.80 Å². The third-order valence-corrected chi connectivity index (χ3v) is 4.32. The minimum Gasteiger partial charge on any atom is -0.306 e. The molecule has 1 saturated heterocycles. The van der Waals surface area contributed by atoms with Crippen molar-refractivity contribution < 1.29 is 4.39 Å². The maximum atomic E-state index is 13.4. The molecule has 1 aliphatic rings. The topological polar surface area (TPSA) is 6.48 Å². The Hall–Kier alpha value is -0.450. The molecule has 4 heteroatoms. The Morgan fingerprint density at radius 3 is 2.56 bits per heavy atom. The fourth-order valence-electron chi connectivity index (χ4n) is 2.49. The Bertz CT molecular complexity index is 401. The van der Waals surface area contributed by atoms with Crippen molar-refractivity contribution in [3.8, 4) is 0 Å². The van der Waals surface area contributed by atoms with E-state index in [1.807, 2.05) is 6.07 Å². The van der Waals surface area contributed by atoms with Crippen LogP contribution in [0, 0.1) is 5.82 Å². The van der Waals surface area contributed by atoms with Crippen LogP contribution in [-0.4, -0.2) is 43.0 Å². The Labute approximate surface area is 117 Å². The van der Waals surface area contributed by atoms with Gasteiger partial charge in [-0.05, 0) is 73.7 Å². The van der Waals surface area contributed by atoms with E-state index in [-0.39, 0.29) is 5.82 Å². The molecule has 1 aliphatic heterocycles. The molecule has 1 fully saturated rings. The van der Waals surface area contributed by atoms with Gasteiger partial charge in [0.2, 0.25) is 0 Å². The number of rotatable bonds is 3. The lowest BCUT2D eigenvalue weighted by molar-refractivity contribution is 0.140. The van der Waals surface area contributed by atoms with E-state index in [4.69, 9.17) is 0 Å². The van der Waals surface area contributed by atoms with Gasteiger partial charge in [0, 0.05) is 12.6 Å². The molecule has 0 atom stereocenters. The molecule has 0 N–H and O–H groups in total. The lowest BCUT2D eigenvalue weighted by Gasteiger charge is -2.35. The Balaban J connectivity index is 1.89. The zero-order valence-electron chi connectivity index (χ0n) is 11.0. The summed E-state index contributed by atoms with van der Waals surface area (Å²) in [7, 11) is 4.29.